The van der Waals surface area contributed by atoms with E-state index in [-0.39, 0.29) is 10.8 Å². The fourth-order valence-corrected chi connectivity index (χ4v) is 8.16. The van der Waals surface area contributed by atoms with Crippen LogP contribution in [0.4, 0.5) is 5.69 Å². The van der Waals surface area contributed by atoms with Gasteiger partial charge in [0.05, 0.1) is 23.1 Å². The molecule has 9 rings (SSSR count). The molecule has 0 fully saturated rings. The summed E-state index contributed by atoms with van der Waals surface area (Å²) in [5.74, 6) is 0. The van der Waals surface area contributed by atoms with Crippen molar-refractivity contribution in [3.05, 3.63) is 162 Å². The molecule has 0 aliphatic rings. The van der Waals surface area contributed by atoms with Crippen LogP contribution in [-0.2, 0) is 10.8 Å². The molecule has 0 atom stereocenters. The lowest BCUT2D eigenvalue weighted by molar-refractivity contribution is 0.590. The van der Waals surface area contributed by atoms with Crippen molar-refractivity contribution in [3.8, 4) is 27.9 Å². The first-order valence-corrected chi connectivity index (χ1v) is 18.4. The summed E-state index contributed by atoms with van der Waals surface area (Å²) >= 11 is 0. The van der Waals surface area contributed by atoms with Crippen molar-refractivity contribution >= 4 is 59.9 Å². The predicted molar refractivity (Wildman–Crippen MR) is 226 cm³/mol. The Bertz CT molecular complexity index is 2960. The third kappa shape index (κ3) is 5.29. The molecule has 0 saturated heterocycles. The normalized spacial score (nSPS) is 12.3. The minimum Gasteiger partial charge on any atom is -0.309 e. The number of rotatable bonds is 3. The van der Waals surface area contributed by atoms with Gasteiger partial charge in [-0.1, -0.05) is 120 Å². The van der Waals surface area contributed by atoms with Gasteiger partial charge in [0, 0.05) is 28.2 Å². The van der Waals surface area contributed by atoms with E-state index in [2.05, 4.69) is 166 Å². The molecule has 7 aromatic carbocycles. The lowest BCUT2D eigenvalue weighted by Crippen LogP contribution is -2.11. The number of fused-ring (bicyclic) bond motifs is 6. The van der Waals surface area contributed by atoms with Gasteiger partial charge in [-0.2, -0.15) is 0 Å². The molecule has 0 saturated carbocycles. The Balaban J connectivity index is 1.46. The quantitative estimate of drug-likeness (QED) is 0.134. The van der Waals surface area contributed by atoms with E-state index in [1.807, 2.05) is 24.4 Å². The van der Waals surface area contributed by atoms with Crippen LogP contribution in [0, 0.1) is 6.57 Å². The fourth-order valence-electron chi connectivity index (χ4n) is 8.16. The van der Waals surface area contributed by atoms with Crippen LogP contribution in [0.3, 0.4) is 0 Å². The molecule has 0 N–H and O–H groups in total. The van der Waals surface area contributed by atoms with Crippen molar-refractivity contribution < 1.29 is 0 Å². The van der Waals surface area contributed by atoms with Gasteiger partial charge < -0.3 is 4.57 Å². The highest BCUT2D eigenvalue weighted by Gasteiger charge is 2.24. The van der Waals surface area contributed by atoms with Gasteiger partial charge in [0.2, 0.25) is 0 Å². The smallest absolute Gasteiger partial charge is 0.188 e. The van der Waals surface area contributed by atoms with E-state index in [0.29, 0.717) is 5.69 Å². The molecule has 0 radical (unpaired) electrons. The fraction of sp³-hybridized carbons (Fsp3) is 0.160. The molecular formula is C50H41N3. The number of hydrogen-bond donors (Lipinski definition) is 0. The molecule has 2 heterocycles. The van der Waals surface area contributed by atoms with Gasteiger partial charge in [-0.25, -0.2) is 4.85 Å². The second-order valence-electron chi connectivity index (χ2n) is 16.4. The van der Waals surface area contributed by atoms with Crippen molar-refractivity contribution in [2.24, 2.45) is 0 Å². The molecule has 9 aromatic rings. The Hall–Kier alpha value is -6.24. The zero-order valence-electron chi connectivity index (χ0n) is 31.1. The number of benzene rings is 7. The lowest BCUT2D eigenvalue weighted by Gasteiger charge is -2.25. The highest BCUT2D eigenvalue weighted by atomic mass is 15.0. The Kier molecular flexibility index (Phi) is 7.33. The molecule has 53 heavy (non-hydrogen) atoms. The van der Waals surface area contributed by atoms with Crippen LogP contribution >= 0.6 is 0 Å². The van der Waals surface area contributed by atoms with Crippen LogP contribution in [0.5, 0.6) is 0 Å². The van der Waals surface area contributed by atoms with Crippen LogP contribution < -0.4 is 0 Å². The van der Waals surface area contributed by atoms with Crippen molar-refractivity contribution in [2.75, 3.05) is 0 Å². The molecule has 256 valence electrons. The second kappa shape index (κ2) is 11.9. The van der Waals surface area contributed by atoms with Crippen LogP contribution in [0.25, 0.3) is 87.0 Å². The van der Waals surface area contributed by atoms with Gasteiger partial charge in [-0.3, -0.25) is 4.98 Å². The van der Waals surface area contributed by atoms with Gasteiger partial charge >= 0.3 is 0 Å². The summed E-state index contributed by atoms with van der Waals surface area (Å²) in [6, 6.07) is 48.4. The standard InChI is InChI=1S/C50H41N3/c1-49(2,3)33-20-23-38-42(28-33)46(32-18-24-44-40(27-32)41-30-35(51-7)21-25-45(41)53(44)36-15-9-8-10-16-36)37-22-19-34(50(4,5)6)29-43(37)47(38)39-17-11-13-31-14-12-26-52-48(31)39/h8-30H,1-6H3. The van der Waals surface area contributed by atoms with Crippen LogP contribution in [-0.4, -0.2) is 9.55 Å². The molecule has 0 bridgehead atoms. The predicted octanol–water partition coefficient (Wildman–Crippen LogP) is 14.1. The first-order chi connectivity index (χ1) is 25.5. The van der Waals surface area contributed by atoms with Crippen LogP contribution in [0.15, 0.2) is 140 Å². The summed E-state index contributed by atoms with van der Waals surface area (Å²) in [5, 5.41) is 8.23. The van der Waals surface area contributed by atoms with E-state index in [9.17, 15) is 0 Å². The van der Waals surface area contributed by atoms with Gasteiger partial charge in [0.15, 0.2) is 5.69 Å². The van der Waals surface area contributed by atoms with E-state index >= 15 is 0 Å². The molecule has 2 aromatic heterocycles. The maximum atomic E-state index is 7.84. The molecular weight excluding hydrogens is 643 g/mol. The van der Waals surface area contributed by atoms with Crippen molar-refractivity contribution in [1.82, 2.24) is 9.55 Å². The monoisotopic (exact) mass is 683 g/mol. The largest absolute Gasteiger partial charge is 0.309 e. The summed E-state index contributed by atoms with van der Waals surface area (Å²) in [6.45, 7) is 21.6. The number of aromatic nitrogens is 2. The van der Waals surface area contributed by atoms with E-state index in [1.54, 1.807) is 0 Å². The molecule has 3 nitrogen and oxygen atoms in total. The number of para-hydroxylation sites is 2. The topological polar surface area (TPSA) is 22.2 Å². The van der Waals surface area contributed by atoms with Gasteiger partial charge in [0.25, 0.3) is 0 Å². The average molecular weight is 684 g/mol. The summed E-state index contributed by atoms with van der Waals surface area (Å²) in [5.41, 5.74) is 12.2. The van der Waals surface area contributed by atoms with E-state index < -0.39 is 0 Å². The van der Waals surface area contributed by atoms with E-state index in [0.717, 1.165) is 49.5 Å². The lowest BCUT2D eigenvalue weighted by atomic mass is 9.79. The number of hydrogen-bond acceptors (Lipinski definition) is 1. The van der Waals surface area contributed by atoms with Crippen LogP contribution in [0.1, 0.15) is 52.7 Å². The first kappa shape index (κ1) is 32.7. The Morgan fingerprint density at radius 2 is 1.15 bits per heavy atom. The molecule has 0 unspecified atom stereocenters. The number of nitrogens with zero attached hydrogens (tertiary/aromatic N) is 3. The summed E-state index contributed by atoms with van der Waals surface area (Å²) in [7, 11) is 0. The van der Waals surface area contributed by atoms with Gasteiger partial charge in [0.1, 0.15) is 0 Å². The maximum absolute atomic E-state index is 7.84. The molecule has 0 amide bonds. The average Bonchev–Trinajstić information content (AvgIpc) is 3.48. The Morgan fingerprint density at radius 1 is 0.528 bits per heavy atom. The van der Waals surface area contributed by atoms with Crippen LogP contribution in [0.2, 0.25) is 0 Å². The first-order valence-electron chi connectivity index (χ1n) is 18.4. The zero-order valence-corrected chi connectivity index (χ0v) is 31.1. The van der Waals surface area contributed by atoms with Gasteiger partial charge in [-0.05, 0) is 120 Å². The summed E-state index contributed by atoms with van der Waals surface area (Å²) < 4.78 is 2.32. The third-order valence-electron chi connectivity index (χ3n) is 10.9. The SMILES string of the molecule is [C-]#[N+]c1ccc2c(c1)c1cc(-c3c4cc(C(C)(C)C)ccc4c(-c4cccc5cccnc45)c4cc(C(C)(C)C)ccc34)ccc1n2-c1ccccc1. The molecule has 0 spiro atoms. The highest BCUT2D eigenvalue weighted by molar-refractivity contribution is 6.24. The third-order valence-corrected chi connectivity index (χ3v) is 10.9. The minimum atomic E-state index is -0.0408. The molecule has 0 aliphatic heterocycles. The van der Waals surface area contributed by atoms with Gasteiger partial charge in [-0.15, -0.1) is 0 Å². The summed E-state index contributed by atoms with van der Waals surface area (Å²) in [6.07, 6.45) is 1.91. The zero-order chi connectivity index (χ0) is 36.6. The summed E-state index contributed by atoms with van der Waals surface area (Å²) in [4.78, 5) is 8.79. The maximum Gasteiger partial charge on any atom is 0.188 e. The number of pyridine rings is 1. The minimum absolute atomic E-state index is 0.0353. The van der Waals surface area contributed by atoms with Crippen molar-refractivity contribution in [3.63, 3.8) is 0 Å². The van der Waals surface area contributed by atoms with Crippen molar-refractivity contribution in [2.45, 2.75) is 52.4 Å². The second-order valence-corrected chi connectivity index (χ2v) is 16.4. The van der Waals surface area contributed by atoms with Crippen molar-refractivity contribution in [1.29, 1.82) is 0 Å². The highest BCUT2D eigenvalue weighted by Crippen LogP contribution is 2.48. The van der Waals surface area contributed by atoms with E-state index in [1.165, 1.54) is 43.8 Å². The Morgan fingerprint density at radius 3 is 1.83 bits per heavy atom. The van der Waals surface area contributed by atoms with E-state index in [4.69, 9.17) is 11.6 Å². The molecule has 0 aliphatic carbocycles. The Labute approximate surface area is 311 Å². The molecule has 3 heteroatoms.